The summed E-state index contributed by atoms with van der Waals surface area (Å²) in [6.07, 6.45) is -2.45. The Bertz CT molecular complexity index is 648. The van der Waals surface area contributed by atoms with Crippen LogP contribution < -0.4 is 10.2 Å². The van der Waals surface area contributed by atoms with Gasteiger partial charge < -0.3 is 15.0 Å². The molecule has 0 saturated heterocycles. The predicted molar refractivity (Wildman–Crippen MR) is 77.5 cm³/mol. The first kappa shape index (κ1) is 18.3. The number of aromatic nitrogens is 1. The van der Waals surface area contributed by atoms with E-state index < -0.39 is 17.7 Å². The van der Waals surface area contributed by atoms with Crippen LogP contribution in [0.25, 0.3) is 0 Å². The Morgan fingerprint density at radius 2 is 2.17 bits per heavy atom. The fourth-order valence-corrected chi connectivity index (χ4v) is 1.60. The van der Waals surface area contributed by atoms with E-state index in [2.05, 4.69) is 15.0 Å². The molecule has 0 aliphatic rings. The lowest BCUT2D eigenvalue weighted by Crippen LogP contribution is -2.18. The largest absolute Gasteiger partial charge is 0.462 e. The minimum Gasteiger partial charge on any atom is -0.462 e. The van der Waals surface area contributed by atoms with E-state index in [9.17, 15) is 18.0 Å². The fourth-order valence-electron chi connectivity index (χ4n) is 1.60. The number of anilines is 2. The number of pyridine rings is 1. The summed E-state index contributed by atoms with van der Waals surface area (Å²) in [6, 6.07) is 2.45. The molecule has 0 amide bonds. The molecule has 1 heterocycles. The molecular formula is C14H15F3N4O2. The summed E-state index contributed by atoms with van der Waals surface area (Å²) in [5, 5.41) is 11.3. The van der Waals surface area contributed by atoms with Gasteiger partial charge in [0.15, 0.2) is 5.57 Å². The van der Waals surface area contributed by atoms with Crippen LogP contribution in [-0.4, -0.2) is 31.7 Å². The maximum absolute atomic E-state index is 13.0. The topological polar surface area (TPSA) is 78.2 Å². The zero-order chi connectivity index (χ0) is 17.6. The summed E-state index contributed by atoms with van der Waals surface area (Å²) < 4.78 is 43.8. The molecule has 0 aliphatic carbocycles. The van der Waals surface area contributed by atoms with Gasteiger partial charge in [-0.15, -0.1) is 0 Å². The second kappa shape index (κ2) is 7.49. The molecule has 0 spiro atoms. The van der Waals surface area contributed by atoms with Crippen molar-refractivity contribution in [1.29, 1.82) is 5.26 Å². The maximum atomic E-state index is 13.0. The number of nitrogens with zero attached hydrogens (tertiary/aromatic N) is 3. The first-order chi connectivity index (χ1) is 10.7. The fraction of sp³-hybridized carbons (Fsp3) is 0.357. The molecule has 1 rings (SSSR count). The van der Waals surface area contributed by atoms with Crippen LogP contribution in [0.2, 0.25) is 0 Å². The van der Waals surface area contributed by atoms with Gasteiger partial charge in [-0.25, -0.2) is 9.78 Å². The molecule has 0 bridgehead atoms. The molecule has 1 N–H and O–H groups in total. The van der Waals surface area contributed by atoms with Crippen molar-refractivity contribution in [3.05, 3.63) is 29.6 Å². The van der Waals surface area contributed by atoms with E-state index in [1.54, 1.807) is 13.0 Å². The Balaban J connectivity index is 3.11. The Labute approximate surface area is 131 Å². The van der Waals surface area contributed by atoms with Crippen LogP contribution in [-0.2, 0) is 15.7 Å². The summed E-state index contributed by atoms with van der Waals surface area (Å²) in [6.45, 7) is 1.65. The molecule has 0 atom stereocenters. The molecule has 0 aliphatic heterocycles. The lowest BCUT2D eigenvalue weighted by molar-refractivity contribution is -0.138. The smallest absolute Gasteiger partial charge is 0.420 e. The highest BCUT2D eigenvalue weighted by Crippen LogP contribution is 2.36. The lowest BCUT2D eigenvalue weighted by atomic mass is 10.2. The van der Waals surface area contributed by atoms with Gasteiger partial charge in [0.1, 0.15) is 17.5 Å². The molecule has 23 heavy (non-hydrogen) atoms. The van der Waals surface area contributed by atoms with Crippen LogP contribution in [0.4, 0.5) is 24.7 Å². The van der Waals surface area contributed by atoms with Crippen molar-refractivity contribution in [3.8, 4) is 6.07 Å². The van der Waals surface area contributed by atoms with Crippen LogP contribution in [0.15, 0.2) is 24.0 Å². The Kier molecular flexibility index (Phi) is 5.95. The number of alkyl halides is 3. The maximum Gasteiger partial charge on any atom is 0.420 e. The second-order valence-corrected chi connectivity index (χ2v) is 4.52. The predicted octanol–water partition coefficient (Wildman–Crippen LogP) is 2.55. The van der Waals surface area contributed by atoms with Gasteiger partial charge in [-0.1, -0.05) is 0 Å². The zero-order valence-electron chi connectivity index (χ0n) is 12.7. The third-order valence-electron chi connectivity index (χ3n) is 2.59. The molecule has 9 heteroatoms. The molecule has 1 aromatic rings. The lowest BCUT2D eigenvalue weighted by Gasteiger charge is -2.18. The number of carbonyl (C=O) groups is 1. The summed E-state index contributed by atoms with van der Waals surface area (Å²) >= 11 is 0. The quantitative estimate of drug-likeness (QED) is 0.508. The number of esters is 1. The number of ether oxygens (including phenoxy) is 1. The Morgan fingerprint density at radius 1 is 1.52 bits per heavy atom. The van der Waals surface area contributed by atoms with Crippen molar-refractivity contribution < 1.29 is 22.7 Å². The van der Waals surface area contributed by atoms with Crippen LogP contribution in [0, 0.1) is 11.3 Å². The molecular weight excluding hydrogens is 313 g/mol. The number of nitrogens with one attached hydrogen (secondary N) is 1. The Morgan fingerprint density at radius 3 is 2.65 bits per heavy atom. The highest BCUT2D eigenvalue weighted by atomic mass is 19.4. The molecule has 124 valence electrons. The molecule has 0 unspecified atom stereocenters. The van der Waals surface area contributed by atoms with Gasteiger partial charge in [-0.3, -0.25) is 0 Å². The van der Waals surface area contributed by atoms with Gasteiger partial charge >= 0.3 is 12.1 Å². The van der Waals surface area contributed by atoms with E-state index in [1.807, 2.05) is 0 Å². The van der Waals surface area contributed by atoms with Gasteiger partial charge in [0.2, 0.25) is 0 Å². The van der Waals surface area contributed by atoms with E-state index >= 15 is 0 Å². The highest BCUT2D eigenvalue weighted by Gasteiger charge is 2.35. The first-order valence-corrected chi connectivity index (χ1v) is 6.49. The van der Waals surface area contributed by atoms with Crippen molar-refractivity contribution in [2.75, 3.05) is 30.9 Å². The molecule has 0 aromatic carbocycles. The van der Waals surface area contributed by atoms with Crippen molar-refractivity contribution in [3.63, 3.8) is 0 Å². The number of rotatable bonds is 5. The van der Waals surface area contributed by atoms with Crippen LogP contribution in [0.3, 0.4) is 0 Å². The average Bonchev–Trinajstić information content (AvgIpc) is 2.47. The van der Waals surface area contributed by atoms with E-state index in [-0.39, 0.29) is 23.7 Å². The number of hydrogen-bond acceptors (Lipinski definition) is 6. The number of nitriles is 1. The van der Waals surface area contributed by atoms with Gasteiger partial charge in [0.25, 0.3) is 0 Å². The third-order valence-corrected chi connectivity index (χ3v) is 2.59. The van der Waals surface area contributed by atoms with E-state index in [0.717, 1.165) is 12.3 Å². The third kappa shape index (κ3) is 4.88. The normalized spacial score (nSPS) is 11.6. The molecule has 0 radical (unpaired) electrons. The number of hydrogen-bond donors (Lipinski definition) is 1. The number of carbonyl (C=O) groups excluding carboxylic acids is 1. The van der Waals surface area contributed by atoms with Crippen LogP contribution in [0.5, 0.6) is 0 Å². The van der Waals surface area contributed by atoms with E-state index in [1.165, 1.54) is 25.2 Å². The van der Waals surface area contributed by atoms with Crippen molar-refractivity contribution in [1.82, 2.24) is 4.98 Å². The van der Waals surface area contributed by atoms with E-state index in [4.69, 9.17) is 5.26 Å². The summed E-state index contributed by atoms with van der Waals surface area (Å²) in [5.41, 5.74) is -1.31. The van der Waals surface area contributed by atoms with Crippen molar-refractivity contribution in [2.24, 2.45) is 0 Å². The SMILES string of the molecule is CCOC(=O)C(C#N)=CNc1cnc(N(C)C)c(C(F)(F)F)c1. The molecule has 6 nitrogen and oxygen atoms in total. The minimum absolute atomic E-state index is 0.0139. The van der Waals surface area contributed by atoms with Gasteiger partial charge in [0.05, 0.1) is 18.5 Å². The van der Waals surface area contributed by atoms with Gasteiger partial charge in [-0.2, -0.15) is 18.4 Å². The monoisotopic (exact) mass is 328 g/mol. The average molecular weight is 328 g/mol. The molecule has 1 aromatic heterocycles. The molecule has 0 saturated carbocycles. The highest BCUT2D eigenvalue weighted by molar-refractivity contribution is 5.93. The zero-order valence-corrected chi connectivity index (χ0v) is 12.7. The minimum atomic E-state index is -4.59. The van der Waals surface area contributed by atoms with E-state index in [0.29, 0.717) is 0 Å². The first-order valence-electron chi connectivity index (χ1n) is 6.49. The van der Waals surface area contributed by atoms with Crippen molar-refractivity contribution in [2.45, 2.75) is 13.1 Å². The summed E-state index contributed by atoms with van der Waals surface area (Å²) in [5.74, 6) is -1.10. The Hall–Kier alpha value is -2.76. The van der Waals surface area contributed by atoms with Gasteiger partial charge in [0, 0.05) is 20.3 Å². The second-order valence-electron chi connectivity index (χ2n) is 4.52. The number of halogens is 3. The standard InChI is InChI=1S/C14H15F3N4O2/c1-4-23-13(22)9(6-18)7-19-10-5-11(14(15,16)17)12(20-8-10)21(2)3/h5,7-8,19H,4H2,1-3H3. The molecule has 0 fully saturated rings. The summed E-state index contributed by atoms with van der Waals surface area (Å²) in [4.78, 5) is 16.4. The van der Waals surface area contributed by atoms with Crippen molar-refractivity contribution >= 4 is 17.5 Å². The van der Waals surface area contributed by atoms with Crippen LogP contribution in [0.1, 0.15) is 12.5 Å². The summed E-state index contributed by atoms with van der Waals surface area (Å²) in [7, 11) is 2.89. The van der Waals surface area contributed by atoms with Gasteiger partial charge in [-0.05, 0) is 13.0 Å². The van der Waals surface area contributed by atoms with Crippen LogP contribution >= 0.6 is 0 Å².